The van der Waals surface area contributed by atoms with Crippen molar-refractivity contribution in [1.29, 1.82) is 0 Å². The van der Waals surface area contributed by atoms with Crippen molar-refractivity contribution in [2.24, 2.45) is 4.65 Å². The van der Waals surface area contributed by atoms with Gasteiger partial charge in [-0.3, -0.25) is 0 Å². The Hall–Kier alpha value is -0.0416. The van der Waals surface area contributed by atoms with E-state index in [2.05, 4.69) is 0 Å². The zero-order valence-electron chi connectivity index (χ0n) is 4.82. The second-order valence-electron chi connectivity index (χ2n) is 1.66. The maximum absolute atomic E-state index is 5.57. The summed E-state index contributed by atoms with van der Waals surface area (Å²) in [6, 6.07) is 9.89. The van der Waals surface area contributed by atoms with Crippen molar-refractivity contribution in [2.75, 3.05) is 0 Å². The molecule has 0 spiro atoms. The monoisotopic (exact) mass is 200 g/mol. The second kappa shape index (κ2) is 3.21. The molecule has 0 bridgehead atoms. The van der Waals surface area contributed by atoms with Gasteiger partial charge in [0.25, 0.3) is 0 Å². The Morgan fingerprint density at radius 1 is 1.22 bits per heavy atom. The first-order chi connectivity index (χ1) is 4.30. The van der Waals surface area contributed by atoms with E-state index in [0.717, 1.165) is 4.35 Å². The number of rotatable bonds is 1. The topological polar surface area (TPSA) is 26.0 Å². The summed E-state index contributed by atoms with van der Waals surface area (Å²) in [5.41, 5.74) is 0. The summed E-state index contributed by atoms with van der Waals surface area (Å²) in [6.45, 7) is 0. The molecule has 3 heteroatoms. The minimum absolute atomic E-state index is 1.15. The van der Waals surface area contributed by atoms with Gasteiger partial charge in [-0.05, 0) is 0 Å². The third kappa shape index (κ3) is 1.98. The summed E-state index contributed by atoms with van der Waals surface area (Å²) in [7, 11) is 4.97. The van der Waals surface area contributed by atoms with Crippen LogP contribution in [0.25, 0.3) is 0 Å². The predicted octanol–water partition coefficient (Wildman–Crippen LogP) is 0.538. The third-order valence-corrected chi connectivity index (χ3v) is 3.80. The molecule has 1 atom stereocenters. The van der Waals surface area contributed by atoms with Gasteiger partial charge in [0.05, 0.1) is 0 Å². The molecular formula is C6H7AsNS. The zero-order chi connectivity index (χ0) is 6.69. The predicted molar refractivity (Wildman–Crippen MR) is 43.6 cm³/mol. The number of benzene rings is 1. The molecule has 0 saturated carbocycles. The van der Waals surface area contributed by atoms with Crippen LogP contribution in [0.5, 0.6) is 0 Å². The SMILES string of the molecule is N[As](=S)c1ccccc1. The molecule has 1 aromatic rings. The van der Waals surface area contributed by atoms with Crippen molar-refractivity contribution in [3.63, 3.8) is 0 Å². The van der Waals surface area contributed by atoms with Crippen molar-refractivity contribution in [2.45, 2.75) is 0 Å². The molecule has 2 N–H and O–H groups in total. The first kappa shape index (κ1) is 7.07. The van der Waals surface area contributed by atoms with Crippen LogP contribution < -0.4 is 9.00 Å². The molecular weight excluding hydrogens is 193 g/mol. The van der Waals surface area contributed by atoms with Crippen LogP contribution in [0.15, 0.2) is 30.3 Å². The molecule has 1 nitrogen and oxygen atoms in total. The van der Waals surface area contributed by atoms with Gasteiger partial charge in [0.15, 0.2) is 0 Å². The molecule has 1 rings (SSSR count). The summed E-state index contributed by atoms with van der Waals surface area (Å²) in [4.78, 5) is 0. The molecule has 0 aliphatic carbocycles. The molecule has 9 heavy (non-hydrogen) atoms. The molecule has 0 aliphatic rings. The van der Waals surface area contributed by atoms with E-state index >= 15 is 0 Å². The van der Waals surface area contributed by atoms with Crippen LogP contribution in [-0.2, 0) is 0 Å². The van der Waals surface area contributed by atoms with Crippen molar-refractivity contribution >= 4 is 27.9 Å². The van der Waals surface area contributed by atoms with Crippen LogP contribution in [0.4, 0.5) is 0 Å². The first-order valence-electron chi connectivity index (χ1n) is 2.58. The standard InChI is InChI=1S/C6H7AsNS/c8-7(9)6-4-2-1-3-5-6/h1-5H,(H2,8,9). The van der Waals surface area contributed by atoms with Crippen molar-refractivity contribution in [1.82, 2.24) is 0 Å². The van der Waals surface area contributed by atoms with E-state index in [1.165, 1.54) is 0 Å². The van der Waals surface area contributed by atoms with Crippen LogP contribution >= 0.6 is 10.4 Å². The fourth-order valence-electron chi connectivity index (χ4n) is 0.575. The van der Waals surface area contributed by atoms with Crippen LogP contribution in [0.3, 0.4) is 0 Å². The van der Waals surface area contributed by atoms with E-state index in [0.29, 0.717) is 0 Å². The molecule has 1 unspecified atom stereocenters. The van der Waals surface area contributed by atoms with E-state index in [1.54, 1.807) is 0 Å². The van der Waals surface area contributed by atoms with E-state index in [9.17, 15) is 0 Å². The van der Waals surface area contributed by atoms with E-state index in [-0.39, 0.29) is 0 Å². The van der Waals surface area contributed by atoms with Crippen molar-refractivity contribution < 1.29 is 0 Å². The molecule has 1 radical (unpaired) electrons. The van der Waals surface area contributed by atoms with Gasteiger partial charge in [-0.2, -0.15) is 0 Å². The number of hydrogen-bond acceptors (Lipinski definition) is 1. The fraction of sp³-hybridized carbons (Fsp3) is 0. The fourth-order valence-corrected chi connectivity index (χ4v) is 2.19. The van der Waals surface area contributed by atoms with Crippen molar-refractivity contribution in [3.8, 4) is 0 Å². The van der Waals surface area contributed by atoms with Gasteiger partial charge in [-0.1, -0.05) is 0 Å². The van der Waals surface area contributed by atoms with Crippen LogP contribution in [0.2, 0.25) is 0 Å². The Balaban J connectivity index is 2.98. The number of nitrogens with two attached hydrogens (primary N) is 1. The molecule has 47 valence electrons. The van der Waals surface area contributed by atoms with Gasteiger partial charge < -0.3 is 0 Å². The Kier molecular flexibility index (Phi) is 2.52. The van der Waals surface area contributed by atoms with Gasteiger partial charge in [-0.25, -0.2) is 0 Å². The van der Waals surface area contributed by atoms with Gasteiger partial charge in [-0.15, -0.1) is 0 Å². The summed E-state index contributed by atoms with van der Waals surface area (Å²) < 4.78 is 6.73. The van der Waals surface area contributed by atoms with Gasteiger partial charge in [0.1, 0.15) is 0 Å². The minimum atomic E-state index is -1.50. The Labute approximate surface area is 63.1 Å². The molecule has 0 saturated heterocycles. The van der Waals surface area contributed by atoms with E-state index < -0.39 is 13.2 Å². The van der Waals surface area contributed by atoms with Gasteiger partial charge in [0.2, 0.25) is 0 Å². The zero-order valence-corrected chi connectivity index (χ0v) is 7.51. The molecule has 0 aliphatic heterocycles. The Bertz CT molecular complexity index is 210. The molecule has 1 aromatic carbocycles. The second-order valence-corrected chi connectivity index (χ2v) is 6.16. The summed E-state index contributed by atoms with van der Waals surface area (Å²) in [6.07, 6.45) is 0. The molecule has 0 aromatic heterocycles. The van der Waals surface area contributed by atoms with Crippen LogP contribution in [0.1, 0.15) is 0 Å². The Morgan fingerprint density at radius 2 is 1.78 bits per heavy atom. The third-order valence-electron chi connectivity index (χ3n) is 1.01. The Morgan fingerprint density at radius 3 is 2.11 bits per heavy atom. The molecule has 0 heterocycles. The summed E-state index contributed by atoms with van der Waals surface area (Å²) in [5, 5.41) is 0. The first-order valence-corrected chi connectivity index (χ1v) is 7.26. The van der Waals surface area contributed by atoms with Crippen LogP contribution in [0, 0.1) is 0 Å². The quantitative estimate of drug-likeness (QED) is 0.669. The van der Waals surface area contributed by atoms with Gasteiger partial charge in [0, 0.05) is 0 Å². The summed E-state index contributed by atoms with van der Waals surface area (Å²) in [5.74, 6) is 0. The molecule has 0 fully saturated rings. The maximum atomic E-state index is 5.57. The normalized spacial score (nSPS) is 11.0. The molecule has 0 amide bonds. The van der Waals surface area contributed by atoms with Gasteiger partial charge >= 0.3 is 62.9 Å². The summed E-state index contributed by atoms with van der Waals surface area (Å²) >= 11 is -1.50. The average Bonchev–Trinajstić information content (AvgIpc) is 1.90. The van der Waals surface area contributed by atoms with E-state index in [1.807, 2.05) is 30.3 Å². The van der Waals surface area contributed by atoms with Crippen LogP contribution in [-0.4, -0.2) is 13.2 Å². The van der Waals surface area contributed by atoms with E-state index in [4.69, 9.17) is 15.0 Å². The van der Waals surface area contributed by atoms with Crippen molar-refractivity contribution in [3.05, 3.63) is 30.3 Å². The average molecular weight is 200 g/mol. The number of hydrogen-bond donors (Lipinski definition) is 1.